The lowest BCUT2D eigenvalue weighted by Gasteiger charge is -2.14. The van der Waals surface area contributed by atoms with E-state index in [0.29, 0.717) is 28.8 Å². The SMILES string of the molecule is CC[C@H](C)c1nc2ccc(Br)cc2c(=O)n1N=Cc1cc([N+](=O)[O-])ccc1OCC(=O)Nc1ccccc1. The zero-order valence-electron chi connectivity index (χ0n) is 20.6. The van der Waals surface area contributed by atoms with E-state index in [4.69, 9.17) is 4.74 Å². The van der Waals surface area contributed by atoms with Crippen molar-refractivity contribution in [3.05, 3.63) is 103 Å². The second kappa shape index (κ2) is 11.8. The minimum Gasteiger partial charge on any atom is -0.483 e. The van der Waals surface area contributed by atoms with E-state index in [1.54, 1.807) is 36.4 Å². The van der Waals surface area contributed by atoms with Gasteiger partial charge in [-0.25, -0.2) is 4.98 Å². The Hall–Kier alpha value is -4.38. The highest BCUT2D eigenvalue weighted by Gasteiger charge is 2.17. The van der Waals surface area contributed by atoms with Crippen LogP contribution in [0, 0.1) is 10.1 Å². The molecule has 1 heterocycles. The summed E-state index contributed by atoms with van der Waals surface area (Å²) in [6, 6.07) is 18.1. The lowest BCUT2D eigenvalue weighted by Crippen LogP contribution is -2.24. The van der Waals surface area contributed by atoms with Crippen LogP contribution in [0.25, 0.3) is 10.9 Å². The summed E-state index contributed by atoms with van der Waals surface area (Å²) >= 11 is 3.38. The molecule has 0 aliphatic carbocycles. The molecule has 1 atom stereocenters. The van der Waals surface area contributed by atoms with Crippen molar-refractivity contribution < 1.29 is 14.5 Å². The maximum absolute atomic E-state index is 13.4. The van der Waals surface area contributed by atoms with E-state index in [1.165, 1.54) is 29.1 Å². The number of anilines is 1. The number of nitro groups is 1. The molecule has 1 aromatic heterocycles. The lowest BCUT2D eigenvalue weighted by molar-refractivity contribution is -0.384. The highest BCUT2D eigenvalue weighted by molar-refractivity contribution is 9.10. The molecule has 10 nitrogen and oxygen atoms in total. The van der Waals surface area contributed by atoms with Crippen LogP contribution in [0.4, 0.5) is 11.4 Å². The van der Waals surface area contributed by atoms with Crippen LogP contribution in [-0.4, -0.2) is 33.3 Å². The topological polar surface area (TPSA) is 129 Å². The molecule has 0 radical (unpaired) electrons. The van der Waals surface area contributed by atoms with Crippen LogP contribution >= 0.6 is 15.9 Å². The van der Waals surface area contributed by atoms with E-state index < -0.39 is 10.8 Å². The van der Waals surface area contributed by atoms with Crippen LogP contribution in [0.5, 0.6) is 5.75 Å². The molecule has 11 heteroatoms. The number of carbonyl (C=O) groups excluding carboxylic acids is 1. The summed E-state index contributed by atoms with van der Waals surface area (Å²) in [7, 11) is 0. The lowest BCUT2D eigenvalue weighted by atomic mass is 10.1. The Morgan fingerprint density at radius 1 is 1.21 bits per heavy atom. The number of amides is 1. The first-order valence-corrected chi connectivity index (χ1v) is 12.6. The Morgan fingerprint density at radius 2 is 1.97 bits per heavy atom. The van der Waals surface area contributed by atoms with Crippen molar-refractivity contribution in [3.63, 3.8) is 0 Å². The number of aromatic nitrogens is 2. The average molecular weight is 578 g/mol. The van der Waals surface area contributed by atoms with E-state index >= 15 is 0 Å². The second-order valence-electron chi connectivity index (χ2n) is 8.48. The molecule has 4 aromatic rings. The van der Waals surface area contributed by atoms with Gasteiger partial charge in [-0.1, -0.05) is 48.0 Å². The number of nitro benzene ring substituents is 1. The van der Waals surface area contributed by atoms with Crippen molar-refractivity contribution in [1.29, 1.82) is 0 Å². The molecule has 0 unspecified atom stereocenters. The molecule has 0 aliphatic heterocycles. The molecule has 4 rings (SSSR count). The smallest absolute Gasteiger partial charge is 0.282 e. The Kier molecular flexibility index (Phi) is 8.27. The highest BCUT2D eigenvalue weighted by atomic mass is 79.9. The summed E-state index contributed by atoms with van der Waals surface area (Å²) < 4.78 is 7.60. The van der Waals surface area contributed by atoms with Crippen LogP contribution in [0.3, 0.4) is 0 Å². The van der Waals surface area contributed by atoms with Crippen molar-refractivity contribution >= 4 is 50.3 Å². The Balaban J connectivity index is 1.70. The number of para-hydroxylation sites is 1. The number of hydrogen-bond acceptors (Lipinski definition) is 7. The number of halogens is 1. The molecule has 0 fully saturated rings. The maximum atomic E-state index is 13.4. The van der Waals surface area contributed by atoms with Gasteiger partial charge in [-0.05, 0) is 42.8 Å². The summed E-state index contributed by atoms with van der Waals surface area (Å²) in [5.41, 5.74) is 0.811. The first-order chi connectivity index (χ1) is 18.3. The molecule has 0 saturated carbocycles. The van der Waals surface area contributed by atoms with E-state index in [-0.39, 0.29) is 35.1 Å². The summed E-state index contributed by atoms with van der Waals surface area (Å²) in [5.74, 6) is 0.156. The molecule has 0 bridgehead atoms. The van der Waals surface area contributed by atoms with Crippen molar-refractivity contribution in [3.8, 4) is 5.75 Å². The molecular weight excluding hydrogens is 554 g/mol. The molecule has 3 aromatic carbocycles. The minimum absolute atomic E-state index is 0.0876. The third kappa shape index (κ3) is 6.12. The van der Waals surface area contributed by atoms with Gasteiger partial charge >= 0.3 is 0 Å². The summed E-state index contributed by atoms with van der Waals surface area (Å²) in [6.07, 6.45) is 2.02. The number of nitrogens with zero attached hydrogens (tertiary/aromatic N) is 4. The summed E-state index contributed by atoms with van der Waals surface area (Å²) in [4.78, 5) is 41.3. The van der Waals surface area contributed by atoms with E-state index in [9.17, 15) is 19.7 Å². The molecular formula is C27H24BrN5O5. The van der Waals surface area contributed by atoms with Crippen molar-refractivity contribution in [2.45, 2.75) is 26.2 Å². The summed E-state index contributed by atoms with van der Waals surface area (Å²) in [6.45, 7) is 3.58. The maximum Gasteiger partial charge on any atom is 0.282 e. The van der Waals surface area contributed by atoms with E-state index in [1.807, 2.05) is 26.0 Å². The van der Waals surface area contributed by atoms with Gasteiger partial charge in [0.2, 0.25) is 0 Å². The van der Waals surface area contributed by atoms with Crippen LogP contribution in [0.15, 0.2) is 81.1 Å². The van der Waals surface area contributed by atoms with Gasteiger partial charge < -0.3 is 10.1 Å². The number of hydrogen-bond donors (Lipinski definition) is 1. The normalized spacial score (nSPS) is 12.0. The third-order valence-electron chi connectivity index (χ3n) is 5.82. The van der Waals surface area contributed by atoms with Crippen molar-refractivity contribution in [1.82, 2.24) is 9.66 Å². The van der Waals surface area contributed by atoms with Gasteiger partial charge in [0, 0.05) is 33.8 Å². The number of carbonyl (C=O) groups is 1. The molecule has 194 valence electrons. The Morgan fingerprint density at radius 3 is 2.68 bits per heavy atom. The minimum atomic E-state index is -0.547. The standard InChI is InChI=1S/C27H24BrN5O5/c1-3-17(2)26-31-23-11-9-19(28)14-22(23)27(35)32(26)29-15-18-13-21(33(36)37)10-12-24(18)38-16-25(34)30-20-7-5-4-6-8-20/h4-15,17H,3,16H2,1-2H3,(H,30,34)/t17-/m0/s1. The molecule has 1 amide bonds. The molecule has 0 saturated heterocycles. The first kappa shape index (κ1) is 26.7. The number of rotatable bonds is 9. The zero-order valence-corrected chi connectivity index (χ0v) is 22.2. The van der Waals surface area contributed by atoms with Crippen molar-refractivity contribution in [2.75, 3.05) is 11.9 Å². The quantitative estimate of drug-likeness (QED) is 0.159. The number of nitrogens with one attached hydrogen (secondary N) is 1. The van der Waals surface area contributed by atoms with Gasteiger partial charge in [0.1, 0.15) is 11.6 Å². The summed E-state index contributed by atoms with van der Waals surface area (Å²) in [5, 5.41) is 18.9. The molecule has 38 heavy (non-hydrogen) atoms. The number of benzene rings is 3. The van der Waals surface area contributed by atoms with Gasteiger partial charge in [0.25, 0.3) is 17.2 Å². The van der Waals surface area contributed by atoms with Gasteiger partial charge in [0.05, 0.1) is 22.0 Å². The fourth-order valence-electron chi connectivity index (χ4n) is 3.64. The largest absolute Gasteiger partial charge is 0.483 e. The first-order valence-electron chi connectivity index (χ1n) is 11.8. The fraction of sp³-hybridized carbons (Fsp3) is 0.185. The number of fused-ring (bicyclic) bond motifs is 1. The van der Waals surface area contributed by atoms with Crippen LogP contribution in [0.1, 0.15) is 37.6 Å². The highest BCUT2D eigenvalue weighted by Crippen LogP contribution is 2.24. The molecule has 1 N–H and O–H groups in total. The van der Waals surface area contributed by atoms with E-state index in [0.717, 1.165) is 4.47 Å². The van der Waals surface area contributed by atoms with Crippen LogP contribution < -0.4 is 15.6 Å². The average Bonchev–Trinajstić information content (AvgIpc) is 2.91. The second-order valence-corrected chi connectivity index (χ2v) is 9.40. The number of ether oxygens (including phenoxy) is 1. The predicted octanol–water partition coefficient (Wildman–Crippen LogP) is 5.48. The van der Waals surface area contributed by atoms with Gasteiger partial charge in [-0.3, -0.25) is 19.7 Å². The zero-order chi connectivity index (χ0) is 27.2. The Bertz CT molecular complexity index is 1590. The van der Waals surface area contributed by atoms with E-state index in [2.05, 4.69) is 31.3 Å². The Labute approximate surface area is 226 Å². The molecule has 0 spiro atoms. The predicted molar refractivity (Wildman–Crippen MR) is 149 cm³/mol. The van der Waals surface area contributed by atoms with Gasteiger partial charge in [-0.2, -0.15) is 9.78 Å². The van der Waals surface area contributed by atoms with Crippen LogP contribution in [0.2, 0.25) is 0 Å². The number of non-ortho nitro benzene ring substituents is 1. The van der Waals surface area contributed by atoms with Gasteiger partial charge in [-0.15, -0.1) is 0 Å². The fourth-order valence-corrected chi connectivity index (χ4v) is 4.00. The van der Waals surface area contributed by atoms with Crippen molar-refractivity contribution in [2.24, 2.45) is 5.10 Å². The van der Waals surface area contributed by atoms with Gasteiger partial charge in [0.15, 0.2) is 6.61 Å². The third-order valence-corrected chi connectivity index (χ3v) is 6.31. The molecule has 0 aliphatic rings. The monoisotopic (exact) mass is 577 g/mol. The van der Waals surface area contributed by atoms with Crippen LogP contribution in [-0.2, 0) is 4.79 Å².